The third-order valence-corrected chi connectivity index (χ3v) is 4.49. The van der Waals surface area contributed by atoms with Gasteiger partial charge in [-0.2, -0.15) is 0 Å². The van der Waals surface area contributed by atoms with Gasteiger partial charge in [0.05, 0.1) is 26.1 Å². The Morgan fingerprint density at radius 3 is 2.32 bits per heavy atom. The van der Waals surface area contributed by atoms with Crippen molar-refractivity contribution in [3.05, 3.63) is 11.4 Å². The number of ether oxygens (including phenoxy) is 1. The smallest absolute Gasteiger partial charge is 0.293 e. The highest BCUT2D eigenvalue weighted by molar-refractivity contribution is 5.01. The van der Waals surface area contributed by atoms with Crippen LogP contribution in [0.25, 0.3) is 4.85 Å². The van der Waals surface area contributed by atoms with Crippen molar-refractivity contribution in [3.8, 4) is 0 Å². The minimum absolute atomic E-state index is 0.262. The molecule has 0 amide bonds. The number of piperazine rings is 1. The number of hydrogen-bond donors (Lipinski definition) is 0. The first-order valence-corrected chi connectivity index (χ1v) is 7.60. The van der Waals surface area contributed by atoms with Crippen molar-refractivity contribution in [2.45, 2.75) is 38.8 Å². The molecule has 0 atom stereocenters. The third kappa shape index (κ3) is 3.68. The maximum absolute atomic E-state index is 7.58. The van der Waals surface area contributed by atoms with Crippen LogP contribution in [0, 0.1) is 12.5 Å². The quantitative estimate of drug-likeness (QED) is 0.726. The Morgan fingerprint density at radius 1 is 1.16 bits per heavy atom. The zero-order chi connectivity index (χ0) is 13.7. The maximum atomic E-state index is 7.58. The number of rotatable bonds is 4. The molecule has 2 fully saturated rings. The summed E-state index contributed by atoms with van der Waals surface area (Å²) in [5.74, 6) is 0.781. The molecule has 2 heterocycles. The van der Waals surface area contributed by atoms with Crippen molar-refractivity contribution in [1.82, 2.24) is 9.80 Å². The van der Waals surface area contributed by atoms with Crippen molar-refractivity contribution in [2.24, 2.45) is 5.92 Å². The summed E-state index contributed by atoms with van der Waals surface area (Å²) in [4.78, 5) is 8.94. The van der Waals surface area contributed by atoms with Crippen molar-refractivity contribution in [2.75, 3.05) is 45.9 Å². The van der Waals surface area contributed by atoms with Gasteiger partial charge in [-0.25, -0.2) is 11.5 Å². The van der Waals surface area contributed by atoms with E-state index in [-0.39, 0.29) is 5.66 Å². The van der Waals surface area contributed by atoms with Crippen LogP contribution in [0.2, 0.25) is 0 Å². The molecule has 19 heavy (non-hydrogen) atoms. The average molecular weight is 265 g/mol. The largest absolute Gasteiger partial charge is 0.381 e. The molecule has 2 aliphatic rings. The van der Waals surface area contributed by atoms with Gasteiger partial charge in [-0.15, -0.1) is 0 Å². The fraction of sp³-hybridized carbons (Fsp3) is 0.933. The van der Waals surface area contributed by atoms with Gasteiger partial charge in [0.1, 0.15) is 0 Å². The van der Waals surface area contributed by atoms with E-state index >= 15 is 0 Å². The van der Waals surface area contributed by atoms with Crippen molar-refractivity contribution in [3.63, 3.8) is 0 Å². The van der Waals surface area contributed by atoms with Crippen molar-refractivity contribution in [1.29, 1.82) is 0 Å². The zero-order valence-electron chi connectivity index (χ0n) is 12.4. The molecule has 0 spiro atoms. The summed E-state index contributed by atoms with van der Waals surface area (Å²) in [6.07, 6.45) is 3.03. The molecule has 0 bridgehead atoms. The molecule has 0 aromatic carbocycles. The van der Waals surface area contributed by atoms with Gasteiger partial charge in [0.25, 0.3) is 5.66 Å². The van der Waals surface area contributed by atoms with Crippen LogP contribution in [0.15, 0.2) is 0 Å². The summed E-state index contributed by atoms with van der Waals surface area (Å²) in [5, 5.41) is 0. The lowest BCUT2D eigenvalue weighted by Crippen LogP contribution is -2.57. The predicted octanol–water partition coefficient (Wildman–Crippen LogP) is 2.08. The summed E-state index contributed by atoms with van der Waals surface area (Å²) in [5.41, 5.74) is -0.262. The molecular weight excluding hydrogens is 238 g/mol. The molecule has 4 nitrogen and oxygen atoms in total. The molecule has 4 heteroatoms. The fourth-order valence-corrected chi connectivity index (χ4v) is 3.03. The summed E-state index contributed by atoms with van der Waals surface area (Å²) in [6.45, 7) is 19.2. The third-order valence-electron chi connectivity index (χ3n) is 4.49. The van der Waals surface area contributed by atoms with Gasteiger partial charge >= 0.3 is 0 Å². The van der Waals surface area contributed by atoms with E-state index in [0.29, 0.717) is 0 Å². The Morgan fingerprint density at radius 2 is 1.79 bits per heavy atom. The Bertz CT molecular complexity index is 310. The lowest BCUT2D eigenvalue weighted by molar-refractivity contribution is -0.0245. The van der Waals surface area contributed by atoms with Gasteiger partial charge in [0.15, 0.2) is 0 Å². The van der Waals surface area contributed by atoms with E-state index in [9.17, 15) is 0 Å². The Kier molecular flexibility index (Phi) is 5.20. The zero-order valence-corrected chi connectivity index (χ0v) is 12.4. The topological polar surface area (TPSA) is 20.1 Å². The highest BCUT2D eigenvalue weighted by Gasteiger charge is 2.45. The average Bonchev–Trinajstić information content (AvgIpc) is 2.46. The van der Waals surface area contributed by atoms with Crippen LogP contribution in [0.4, 0.5) is 0 Å². The first kappa shape index (κ1) is 14.8. The maximum Gasteiger partial charge on any atom is 0.293 e. The fourth-order valence-electron chi connectivity index (χ4n) is 3.03. The summed E-state index contributed by atoms with van der Waals surface area (Å²) in [7, 11) is 0. The molecule has 0 saturated carbocycles. The van der Waals surface area contributed by atoms with E-state index < -0.39 is 0 Å². The van der Waals surface area contributed by atoms with Crippen LogP contribution in [-0.4, -0.2) is 61.4 Å². The standard InChI is InChI=1S/C15H27N3O/c1-14(2)4-7-17-8-10-18(11-9-17)15(16-3)5-12-19-13-6-15/h14H,4-13H2,1-2H3. The van der Waals surface area contributed by atoms with Gasteiger partial charge in [-0.1, -0.05) is 13.8 Å². The molecule has 0 radical (unpaired) electrons. The lowest BCUT2D eigenvalue weighted by atomic mass is 9.98. The van der Waals surface area contributed by atoms with Crippen molar-refractivity contribution >= 4 is 0 Å². The second kappa shape index (κ2) is 6.69. The minimum Gasteiger partial charge on any atom is -0.381 e. The van der Waals surface area contributed by atoms with Crippen LogP contribution in [0.5, 0.6) is 0 Å². The van der Waals surface area contributed by atoms with E-state index in [1.54, 1.807) is 0 Å². The minimum atomic E-state index is -0.262. The van der Waals surface area contributed by atoms with Gasteiger partial charge in [-0.3, -0.25) is 4.85 Å². The second-order valence-electron chi connectivity index (χ2n) is 6.22. The van der Waals surface area contributed by atoms with Crippen LogP contribution < -0.4 is 0 Å². The van der Waals surface area contributed by atoms with Crippen LogP contribution in [0.1, 0.15) is 33.1 Å². The molecule has 0 aromatic heterocycles. The van der Waals surface area contributed by atoms with Crippen molar-refractivity contribution < 1.29 is 4.74 Å². The van der Waals surface area contributed by atoms with Gasteiger partial charge in [0, 0.05) is 26.2 Å². The molecule has 0 N–H and O–H groups in total. The molecule has 0 unspecified atom stereocenters. The lowest BCUT2D eigenvalue weighted by Gasteiger charge is -2.41. The van der Waals surface area contributed by atoms with E-state index in [4.69, 9.17) is 11.3 Å². The SMILES string of the molecule is [C-]#[N+]C1(N2CCN(CCC(C)C)CC2)CCOCC1. The van der Waals surface area contributed by atoms with E-state index in [1.807, 2.05) is 0 Å². The van der Waals surface area contributed by atoms with Gasteiger partial charge in [0.2, 0.25) is 0 Å². The highest BCUT2D eigenvalue weighted by atomic mass is 16.5. The first-order valence-electron chi connectivity index (χ1n) is 7.60. The Balaban J connectivity index is 1.83. The molecule has 2 saturated heterocycles. The summed E-state index contributed by atoms with van der Waals surface area (Å²) in [6, 6.07) is 0. The highest BCUT2D eigenvalue weighted by Crippen LogP contribution is 2.30. The van der Waals surface area contributed by atoms with Crippen LogP contribution >= 0.6 is 0 Å². The van der Waals surface area contributed by atoms with Gasteiger partial charge in [-0.05, 0) is 18.9 Å². The first-order chi connectivity index (χ1) is 9.16. The van der Waals surface area contributed by atoms with E-state index in [1.165, 1.54) is 13.0 Å². The van der Waals surface area contributed by atoms with Crippen LogP contribution in [-0.2, 0) is 4.74 Å². The molecule has 0 aromatic rings. The number of nitrogens with zero attached hydrogens (tertiary/aromatic N) is 3. The molecular formula is C15H27N3O. The van der Waals surface area contributed by atoms with Crippen LogP contribution in [0.3, 0.4) is 0 Å². The summed E-state index contributed by atoms with van der Waals surface area (Å²) < 4.78 is 5.42. The summed E-state index contributed by atoms with van der Waals surface area (Å²) >= 11 is 0. The Labute approximate surface area is 117 Å². The Hall–Kier alpha value is -0.630. The normalized spacial score (nSPS) is 25.4. The second-order valence-corrected chi connectivity index (χ2v) is 6.22. The number of hydrogen-bond acceptors (Lipinski definition) is 3. The molecule has 108 valence electrons. The van der Waals surface area contributed by atoms with Gasteiger partial charge < -0.3 is 9.64 Å². The molecule has 0 aliphatic carbocycles. The van der Waals surface area contributed by atoms with E-state index in [0.717, 1.165) is 58.2 Å². The molecule has 2 rings (SSSR count). The molecule has 2 aliphatic heterocycles. The van der Waals surface area contributed by atoms with E-state index in [2.05, 4.69) is 28.5 Å². The monoisotopic (exact) mass is 265 g/mol. The predicted molar refractivity (Wildman–Crippen MR) is 76.9 cm³/mol.